The normalized spacial score (nSPS) is 18.9. The first-order valence-corrected chi connectivity index (χ1v) is 6.97. The first-order valence-electron chi connectivity index (χ1n) is 6.97. The van der Waals surface area contributed by atoms with E-state index in [-0.39, 0.29) is 18.5 Å². The van der Waals surface area contributed by atoms with E-state index in [1.165, 1.54) is 12.1 Å². The van der Waals surface area contributed by atoms with Crippen LogP contribution >= 0.6 is 0 Å². The molecule has 1 heterocycles. The van der Waals surface area contributed by atoms with Crippen LogP contribution in [0.4, 0.5) is 10.1 Å². The maximum atomic E-state index is 12.9. The number of nitrogens with zero attached hydrogens (tertiary/aromatic N) is 2. The van der Waals surface area contributed by atoms with E-state index >= 15 is 0 Å². The van der Waals surface area contributed by atoms with E-state index in [4.69, 9.17) is 0 Å². The minimum atomic E-state index is -0.192. The number of halogens is 1. The Bertz CT molecular complexity index is 386. The molecule has 1 aromatic rings. The topological polar surface area (TPSA) is 26.7 Å². The molecular formula is C15H23FN2O. The first kappa shape index (κ1) is 14.3. The monoisotopic (exact) mass is 266 g/mol. The second-order valence-corrected chi connectivity index (χ2v) is 5.49. The van der Waals surface area contributed by atoms with Crippen molar-refractivity contribution in [1.82, 2.24) is 4.90 Å². The SMILES string of the molecule is CC(C)C(CO)N1CCN(c2ccc(F)cc2)CC1. The predicted octanol–water partition coefficient (Wildman–Crippen LogP) is 1.96. The molecule has 0 saturated carbocycles. The van der Waals surface area contributed by atoms with Gasteiger partial charge in [0.05, 0.1) is 6.61 Å². The second kappa shape index (κ2) is 6.35. The Hall–Kier alpha value is -1.13. The Morgan fingerprint density at radius 2 is 1.68 bits per heavy atom. The molecule has 0 aromatic heterocycles. The van der Waals surface area contributed by atoms with Gasteiger partial charge in [-0.05, 0) is 30.2 Å². The summed E-state index contributed by atoms with van der Waals surface area (Å²) in [6.45, 7) is 8.25. The van der Waals surface area contributed by atoms with Gasteiger partial charge in [0.15, 0.2) is 0 Å². The fourth-order valence-electron chi connectivity index (χ4n) is 2.71. The van der Waals surface area contributed by atoms with Gasteiger partial charge in [0.2, 0.25) is 0 Å². The molecule has 1 atom stereocenters. The standard InChI is InChI=1S/C15H23FN2O/c1-12(2)15(11-19)18-9-7-17(8-10-18)14-5-3-13(16)4-6-14/h3-6,12,15,19H,7-11H2,1-2H3. The molecule has 1 aliphatic rings. The number of aliphatic hydroxyl groups excluding tert-OH is 1. The molecule has 1 aromatic carbocycles. The predicted molar refractivity (Wildman–Crippen MR) is 75.9 cm³/mol. The maximum Gasteiger partial charge on any atom is 0.123 e. The van der Waals surface area contributed by atoms with E-state index in [1.807, 2.05) is 12.1 Å². The van der Waals surface area contributed by atoms with E-state index in [1.54, 1.807) is 0 Å². The summed E-state index contributed by atoms with van der Waals surface area (Å²) in [5, 5.41) is 9.47. The largest absolute Gasteiger partial charge is 0.395 e. The van der Waals surface area contributed by atoms with Crippen molar-refractivity contribution in [2.75, 3.05) is 37.7 Å². The van der Waals surface area contributed by atoms with Crippen LogP contribution in [0, 0.1) is 11.7 Å². The van der Waals surface area contributed by atoms with Crippen LogP contribution in [-0.4, -0.2) is 48.8 Å². The summed E-state index contributed by atoms with van der Waals surface area (Å²) < 4.78 is 12.9. The molecular weight excluding hydrogens is 243 g/mol. The van der Waals surface area contributed by atoms with Crippen molar-refractivity contribution >= 4 is 5.69 Å². The molecule has 0 radical (unpaired) electrons. The van der Waals surface area contributed by atoms with Crippen LogP contribution in [0.1, 0.15) is 13.8 Å². The molecule has 19 heavy (non-hydrogen) atoms. The lowest BCUT2D eigenvalue weighted by Crippen LogP contribution is -2.53. The number of aliphatic hydroxyl groups is 1. The number of hydrogen-bond donors (Lipinski definition) is 1. The summed E-state index contributed by atoms with van der Waals surface area (Å²) in [5.41, 5.74) is 1.08. The Labute approximate surface area is 114 Å². The van der Waals surface area contributed by atoms with Gasteiger partial charge in [0.25, 0.3) is 0 Å². The molecule has 106 valence electrons. The van der Waals surface area contributed by atoms with Gasteiger partial charge >= 0.3 is 0 Å². The Morgan fingerprint density at radius 1 is 1.11 bits per heavy atom. The van der Waals surface area contributed by atoms with Crippen molar-refractivity contribution in [1.29, 1.82) is 0 Å². The van der Waals surface area contributed by atoms with E-state index in [9.17, 15) is 9.50 Å². The molecule has 0 amide bonds. The first-order chi connectivity index (χ1) is 9.11. The van der Waals surface area contributed by atoms with Crippen molar-refractivity contribution in [3.05, 3.63) is 30.1 Å². The number of hydrogen-bond acceptors (Lipinski definition) is 3. The van der Waals surface area contributed by atoms with Gasteiger partial charge in [-0.3, -0.25) is 4.90 Å². The summed E-state index contributed by atoms with van der Waals surface area (Å²) in [6.07, 6.45) is 0. The second-order valence-electron chi connectivity index (χ2n) is 5.49. The van der Waals surface area contributed by atoms with Crippen LogP contribution in [-0.2, 0) is 0 Å². The summed E-state index contributed by atoms with van der Waals surface area (Å²) in [4.78, 5) is 4.62. The lowest BCUT2D eigenvalue weighted by atomic mass is 10.0. The van der Waals surface area contributed by atoms with E-state index in [2.05, 4.69) is 23.6 Å². The quantitative estimate of drug-likeness (QED) is 0.902. The highest BCUT2D eigenvalue weighted by molar-refractivity contribution is 5.46. The number of rotatable bonds is 4. The molecule has 1 unspecified atom stereocenters. The third kappa shape index (κ3) is 3.45. The molecule has 0 aliphatic carbocycles. The van der Waals surface area contributed by atoms with Gasteiger partial charge in [-0.15, -0.1) is 0 Å². The average molecular weight is 266 g/mol. The van der Waals surface area contributed by atoms with Crippen molar-refractivity contribution in [3.8, 4) is 0 Å². The third-order valence-corrected chi connectivity index (χ3v) is 3.93. The third-order valence-electron chi connectivity index (χ3n) is 3.93. The smallest absolute Gasteiger partial charge is 0.123 e. The van der Waals surface area contributed by atoms with Gasteiger partial charge in [-0.2, -0.15) is 0 Å². The number of anilines is 1. The van der Waals surface area contributed by atoms with Gasteiger partial charge in [0, 0.05) is 37.9 Å². The molecule has 0 spiro atoms. The van der Waals surface area contributed by atoms with Crippen molar-refractivity contribution in [2.45, 2.75) is 19.9 Å². The highest BCUT2D eigenvalue weighted by Gasteiger charge is 2.25. The summed E-state index contributed by atoms with van der Waals surface area (Å²) in [6, 6.07) is 6.92. The number of benzene rings is 1. The number of piperazine rings is 1. The van der Waals surface area contributed by atoms with Crippen LogP contribution in [0.25, 0.3) is 0 Å². The van der Waals surface area contributed by atoms with E-state index < -0.39 is 0 Å². The van der Waals surface area contributed by atoms with Crippen LogP contribution in [0.2, 0.25) is 0 Å². The summed E-state index contributed by atoms with van der Waals surface area (Å²) >= 11 is 0. The van der Waals surface area contributed by atoms with Crippen molar-refractivity contribution in [2.24, 2.45) is 5.92 Å². The fourth-order valence-corrected chi connectivity index (χ4v) is 2.71. The zero-order chi connectivity index (χ0) is 13.8. The van der Waals surface area contributed by atoms with Crippen LogP contribution in [0.3, 0.4) is 0 Å². The lowest BCUT2D eigenvalue weighted by Gasteiger charge is -2.41. The molecule has 2 rings (SSSR count). The highest BCUT2D eigenvalue weighted by atomic mass is 19.1. The van der Waals surface area contributed by atoms with Gasteiger partial charge in [0.1, 0.15) is 5.82 Å². The van der Waals surface area contributed by atoms with Crippen LogP contribution in [0.15, 0.2) is 24.3 Å². The molecule has 1 N–H and O–H groups in total. The molecule has 1 saturated heterocycles. The van der Waals surface area contributed by atoms with Gasteiger partial charge in [-0.1, -0.05) is 13.8 Å². The van der Waals surface area contributed by atoms with E-state index in [0.29, 0.717) is 5.92 Å². The average Bonchev–Trinajstić information content (AvgIpc) is 2.41. The van der Waals surface area contributed by atoms with Gasteiger partial charge in [-0.25, -0.2) is 4.39 Å². The van der Waals surface area contributed by atoms with E-state index in [0.717, 1.165) is 31.9 Å². The highest BCUT2D eigenvalue weighted by Crippen LogP contribution is 2.19. The minimum Gasteiger partial charge on any atom is -0.395 e. The Balaban J connectivity index is 1.93. The molecule has 4 heteroatoms. The zero-order valence-corrected chi connectivity index (χ0v) is 11.7. The zero-order valence-electron chi connectivity index (χ0n) is 11.7. The van der Waals surface area contributed by atoms with Crippen molar-refractivity contribution in [3.63, 3.8) is 0 Å². The maximum absolute atomic E-state index is 12.9. The Kier molecular flexibility index (Phi) is 4.77. The lowest BCUT2D eigenvalue weighted by molar-refractivity contribution is 0.0860. The molecule has 0 bridgehead atoms. The molecule has 3 nitrogen and oxygen atoms in total. The fraction of sp³-hybridized carbons (Fsp3) is 0.600. The van der Waals surface area contributed by atoms with Crippen LogP contribution in [0.5, 0.6) is 0 Å². The summed E-state index contributed by atoms with van der Waals surface area (Å²) in [7, 11) is 0. The minimum absolute atomic E-state index is 0.192. The molecule has 1 fully saturated rings. The van der Waals surface area contributed by atoms with Gasteiger partial charge < -0.3 is 10.0 Å². The summed E-state index contributed by atoms with van der Waals surface area (Å²) in [5.74, 6) is 0.268. The van der Waals surface area contributed by atoms with Crippen molar-refractivity contribution < 1.29 is 9.50 Å². The molecule has 1 aliphatic heterocycles. The van der Waals surface area contributed by atoms with Crippen LogP contribution < -0.4 is 4.90 Å². The Morgan fingerprint density at radius 3 is 2.16 bits per heavy atom.